The standard InChI is InChI=1S/C8H15ClN2S2Si/c1-14(2,3)5-4-12-6-7-8(9)13-11-10-7/h4-6H2,1-3H3. The highest BCUT2D eigenvalue weighted by Crippen LogP contribution is 2.23. The molecule has 1 aromatic rings. The Labute approximate surface area is 99.6 Å². The van der Waals surface area contributed by atoms with E-state index in [4.69, 9.17) is 11.6 Å². The van der Waals surface area contributed by atoms with Crippen LogP contribution in [0.1, 0.15) is 5.69 Å². The number of hydrogen-bond acceptors (Lipinski definition) is 4. The third kappa shape index (κ3) is 4.77. The van der Waals surface area contributed by atoms with Crippen LogP contribution in [-0.4, -0.2) is 23.4 Å². The summed E-state index contributed by atoms with van der Waals surface area (Å²) in [4.78, 5) is 0. The second kappa shape index (κ2) is 5.49. The summed E-state index contributed by atoms with van der Waals surface area (Å²) in [6, 6.07) is 1.35. The van der Waals surface area contributed by atoms with Gasteiger partial charge in [0.25, 0.3) is 0 Å². The third-order valence-electron chi connectivity index (χ3n) is 1.74. The fraction of sp³-hybridized carbons (Fsp3) is 0.750. The second-order valence-corrected chi connectivity index (χ2v) is 12.4. The molecule has 0 aliphatic heterocycles. The lowest BCUT2D eigenvalue weighted by Gasteiger charge is -2.14. The normalized spacial score (nSPS) is 12.0. The van der Waals surface area contributed by atoms with Crippen LogP contribution in [0.2, 0.25) is 30.0 Å². The lowest BCUT2D eigenvalue weighted by Crippen LogP contribution is -2.19. The molecule has 0 unspecified atom stereocenters. The second-order valence-electron chi connectivity index (χ2n) is 4.36. The summed E-state index contributed by atoms with van der Waals surface area (Å²) in [5, 5.41) is 3.98. The molecule has 1 heterocycles. The Hall–Kier alpha value is 0.417. The number of nitrogens with zero attached hydrogens (tertiary/aromatic N) is 2. The zero-order valence-corrected chi connectivity index (χ0v) is 12.1. The van der Waals surface area contributed by atoms with Gasteiger partial charge in [-0.1, -0.05) is 35.7 Å². The molecule has 1 aromatic heterocycles. The Morgan fingerprint density at radius 1 is 1.43 bits per heavy atom. The summed E-state index contributed by atoms with van der Waals surface area (Å²) >= 11 is 9.07. The first-order valence-electron chi connectivity index (χ1n) is 4.53. The summed E-state index contributed by atoms with van der Waals surface area (Å²) in [6.07, 6.45) is 0. The van der Waals surface area contributed by atoms with Crippen LogP contribution in [0.3, 0.4) is 0 Å². The molecular formula is C8H15ClN2S2Si. The molecule has 0 spiro atoms. The van der Waals surface area contributed by atoms with E-state index >= 15 is 0 Å². The number of halogens is 1. The van der Waals surface area contributed by atoms with Gasteiger partial charge in [0.2, 0.25) is 0 Å². The zero-order chi connectivity index (χ0) is 10.6. The minimum atomic E-state index is -0.880. The highest BCUT2D eigenvalue weighted by molar-refractivity contribution is 7.98. The van der Waals surface area contributed by atoms with Crippen LogP contribution in [0.4, 0.5) is 0 Å². The van der Waals surface area contributed by atoms with Crippen LogP contribution < -0.4 is 0 Å². The van der Waals surface area contributed by atoms with Crippen molar-refractivity contribution in [3.8, 4) is 0 Å². The van der Waals surface area contributed by atoms with Crippen LogP contribution in [-0.2, 0) is 5.75 Å². The zero-order valence-electron chi connectivity index (χ0n) is 8.71. The Morgan fingerprint density at radius 3 is 2.64 bits per heavy atom. The van der Waals surface area contributed by atoms with Crippen molar-refractivity contribution in [1.29, 1.82) is 0 Å². The minimum absolute atomic E-state index is 0.741. The maximum Gasteiger partial charge on any atom is 0.138 e. The van der Waals surface area contributed by atoms with Gasteiger partial charge < -0.3 is 0 Å². The Kier molecular flexibility index (Phi) is 4.89. The average molecular weight is 267 g/mol. The van der Waals surface area contributed by atoms with E-state index in [0.29, 0.717) is 0 Å². The van der Waals surface area contributed by atoms with E-state index < -0.39 is 8.07 Å². The molecule has 0 saturated heterocycles. The maximum atomic E-state index is 5.90. The molecule has 2 nitrogen and oxygen atoms in total. The number of rotatable bonds is 5. The Morgan fingerprint density at radius 2 is 2.14 bits per heavy atom. The Bertz CT molecular complexity index is 285. The van der Waals surface area contributed by atoms with E-state index in [-0.39, 0.29) is 0 Å². The Balaban J connectivity index is 2.20. The van der Waals surface area contributed by atoms with Gasteiger partial charge in [0.15, 0.2) is 0 Å². The predicted octanol–water partition coefficient (Wildman–Crippen LogP) is 3.76. The smallest absolute Gasteiger partial charge is 0.138 e. The van der Waals surface area contributed by atoms with Crippen LogP contribution in [0.5, 0.6) is 0 Å². The molecule has 0 atom stereocenters. The first kappa shape index (κ1) is 12.5. The summed E-state index contributed by atoms with van der Waals surface area (Å²) in [7, 11) is -0.880. The molecule has 0 fully saturated rings. The number of hydrogen-bond donors (Lipinski definition) is 0. The SMILES string of the molecule is C[Si](C)(C)CCSCc1nnsc1Cl. The van der Waals surface area contributed by atoms with Gasteiger partial charge in [-0.25, -0.2) is 0 Å². The van der Waals surface area contributed by atoms with Gasteiger partial charge in [-0.15, -0.1) is 5.10 Å². The summed E-state index contributed by atoms with van der Waals surface area (Å²) in [6.45, 7) is 7.18. The van der Waals surface area contributed by atoms with E-state index in [9.17, 15) is 0 Å². The molecule has 0 N–H and O–H groups in total. The van der Waals surface area contributed by atoms with Crippen molar-refractivity contribution in [2.45, 2.75) is 31.4 Å². The minimum Gasteiger partial charge on any atom is -0.156 e. The van der Waals surface area contributed by atoms with E-state index in [2.05, 4.69) is 29.2 Å². The molecule has 6 heteroatoms. The van der Waals surface area contributed by atoms with Gasteiger partial charge in [0.05, 0.1) is 0 Å². The van der Waals surface area contributed by atoms with Crippen molar-refractivity contribution in [3.63, 3.8) is 0 Å². The number of thioether (sulfide) groups is 1. The molecule has 0 amide bonds. The highest BCUT2D eigenvalue weighted by Gasteiger charge is 2.12. The molecule has 0 radical (unpaired) electrons. The molecule has 0 aliphatic rings. The van der Waals surface area contributed by atoms with E-state index in [1.807, 2.05) is 11.8 Å². The van der Waals surface area contributed by atoms with Gasteiger partial charge >= 0.3 is 0 Å². The summed E-state index contributed by atoms with van der Waals surface area (Å²) in [5.74, 6) is 2.11. The third-order valence-corrected chi connectivity index (χ3v) is 5.81. The quantitative estimate of drug-likeness (QED) is 0.600. The van der Waals surface area contributed by atoms with Crippen molar-refractivity contribution >= 4 is 43.0 Å². The molecule has 0 aliphatic carbocycles. The molecule has 0 bridgehead atoms. The lowest BCUT2D eigenvalue weighted by atomic mass is 10.6. The van der Waals surface area contributed by atoms with E-state index in [0.717, 1.165) is 15.8 Å². The highest BCUT2D eigenvalue weighted by atomic mass is 35.5. The molecular weight excluding hydrogens is 252 g/mol. The average Bonchev–Trinajstić information content (AvgIpc) is 2.44. The molecule has 80 valence electrons. The van der Waals surface area contributed by atoms with Gasteiger partial charge in [-0.05, 0) is 11.8 Å². The van der Waals surface area contributed by atoms with Crippen molar-refractivity contribution < 1.29 is 0 Å². The van der Waals surface area contributed by atoms with Crippen molar-refractivity contribution in [3.05, 3.63) is 10.0 Å². The molecule has 0 aromatic carbocycles. The molecule has 0 saturated carbocycles. The first-order valence-corrected chi connectivity index (χ1v) is 10.5. The monoisotopic (exact) mass is 266 g/mol. The largest absolute Gasteiger partial charge is 0.156 e. The fourth-order valence-corrected chi connectivity index (χ4v) is 5.19. The van der Waals surface area contributed by atoms with Crippen molar-refractivity contribution in [2.24, 2.45) is 0 Å². The molecule has 14 heavy (non-hydrogen) atoms. The predicted molar refractivity (Wildman–Crippen MR) is 69.2 cm³/mol. The van der Waals surface area contributed by atoms with Gasteiger partial charge in [0.1, 0.15) is 10.0 Å². The summed E-state index contributed by atoms with van der Waals surface area (Å²) in [5.41, 5.74) is 0.942. The topological polar surface area (TPSA) is 25.8 Å². The number of aromatic nitrogens is 2. The van der Waals surface area contributed by atoms with Crippen LogP contribution in [0.15, 0.2) is 0 Å². The first-order chi connectivity index (χ1) is 6.49. The van der Waals surface area contributed by atoms with Gasteiger partial charge in [-0.3, -0.25) is 0 Å². The van der Waals surface area contributed by atoms with Crippen molar-refractivity contribution in [2.75, 3.05) is 5.75 Å². The van der Waals surface area contributed by atoms with E-state index in [1.165, 1.54) is 23.3 Å². The van der Waals surface area contributed by atoms with Crippen LogP contribution in [0, 0.1) is 0 Å². The fourth-order valence-electron chi connectivity index (χ4n) is 0.830. The van der Waals surface area contributed by atoms with Crippen LogP contribution in [0.25, 0.3) is 0 Å². The maximum absolute atomic E-state index is 5.90. The molecule has 1 rings (SSSR count). The van der Waals surface area contributed by atoms with Crippen LogP contribution >= 0.6 is 34.9 Å². The summed E-state index contributed by atoms with van der Waals surface area (Å²) < 4.78 is 4.55. The van der Waals surface area contributed by atoms with Gasteiger partial charge in [0, 0.05) is 25.4 Å². The van der Waals surface area contributed by atoms with E-state index in [1.54, 1.807) is 0 Å². The lowest BCUT2D eigenvalue weighted by molar-refractivity contribution is 1.07. The van der Waals surface area contributed by atoms with Gasteiger partial charge in [-0.2, -0.15) is 11.8 Å². The van der Waals surface area contributed by atoms with Crippen molar-refractivity contribution in [1.82, 2.24) is 9.59 Å².